The van der Waals surface area contributed by atoms with E-state index in [1.165, 1.54) is 0 Å². The summed E-state index contributed by atoms with van der Waals surface area (Å²) < 4.78 is 5.28. The molecule has 2 N–H and O–H groups in total. The van der Waals surface area contributed by atoms with Crippen LogP contribution in [0.5, 0.6) is 0 Å². The SMILES string of the molecule is CC.CC(CCCN)CCC(=O)/C=C/CN1CCOCC1. The molecule has 0 radical (unpaired) electrons. The van der Waals surface area contributed by atoms with Crippen molar-refractivity contribution in [1.82, 2.24) is 4.90 Å². The number of nitrogens with zero attached hydrogens (tertiary/aromatic N) is 1. The van der Waals surface area contributed by atoms with Gasteiger partial charge >= 0.3 is 0 Å². The van der Waals surface area contributed by atoms with Crippen LogP contribution in [0, 0.1) is 5.92 Å². The Hall–Kier alpha value is -0.710. The highest BCUT2D eigenvalue weighted by atomic mass is 16.5. The lowest BCUT2D eigenvalue weighted by molar-refractivity contribution is -0.114. The van der Waals surface area contributed by atoms with Crippen LogP contribution in [0.3, 0.4) is 0 Å². The van der Waals surface area contributed by atoms with E-state index in [4.69, 9.17) is 10.5 Å². The number of rotatable bonds is 9. The summed E-state index contributed by atoms with van der Waals surface area (Å²) >= 11 is 0. The molecule has 1 heterocycles. The zero-order valence-corrected chi connectivity index (χ0v) is 14.1. The predicted molar refractivity (Wildman–Crippen MR) is 89.4 cm³/mol. The van der Waals surface area contributed by atoms with Crippen LogP contribution in [-0.4, -0.2) is 50.1 Å². The molecule has 1 rings (SSSR count). The molecule has 4 heteroatoms. The van der Waals surface area contributed by atoms with Gasteiger partial charge < -0.3 is 10.5 Å². The Labute approximate surface area is 130 Å². The van der Waals surface area contributed by atoms with E-state index in [1.807, 2.05) is 19.9 Å². The Morgan fingerprint density at radius 1 is 1.29 bits per heavy atom. The van der Waals surface area contributed by atoms with Gasteiger partial charge in [-0.05, 0) is 37.8 Å². The van der Waals surface area contributed by atoms with Gasteiger partial charge in [0.1, 0.15) is 0 Å². The molecule has 0 aliphatic carbocycles. The summed E-state index contributed by atoms with van der Waals surface area (Å²) in [6, 6.07) is 0. The van der Waals surface area contributed by atoms with Crippen LogP contribution < -0.4 is 5.73 Å². The molecule has 0 bridgehead atoms. The van der Waals surface area contributed by atoms with Crippen molar-refractivity contribution < 1.29 is 9.53 Å². The average molecular weight is 298 g/mol. The molecule has 0 aromatic carbocycles. The number of nitrogens with two attached hydrogens (primary N) is 1. The van der Waals surface area contributed by atoms with E-state index in [9.17, 15) is 4.79 Å². The molecule has 1 unspecified atom stereocenters. The number of hydrogen-bond donors (Lipinski definition) is 1. The van der Waals surface area contributed by atoms with Gasteiger partial charge in [0.15, 0.2) is 5.78 Å². The van der Waals surface area contributed by atoms with Gasteiger partial charge in [0, 0.05) is 26.1 Å². The maximum atomic E-state index is 11.7. The topological polar surface area (TPSA) is 55.6 Å². The molecule has 0 aromatic rings. The Balaban J connectivity index is 0.00000191. The minimum absolute atomic E-state index is 0.243. The highest BCUT2D eigenvalue weighted by Crippen LogP contribution is 2.12. The number of allylic oxidation sites excluding steroid dienone is 1. The van der Waals surface area contributed by atoms with Gasteiger partial charge in [0.2, 0.25) is 0 Å². The molecule has 1 fully saturated rings. The molecule has 1 saturated heterocycles. The lowest BCUT2D eigenvalue weighted by Crippen LogP contribution is -2.36. The van der Waals surface area contributed by atoms with Crippen molar-refractivity contribution in [3.05, 3.63) is 12.2 Å². The normalized spacial score (nSPS) is 17.3. The molecule has 4 nitrogen and oxygen atoms in total. The zero-order valence-electron chi connectivity index (χ0n) is 14.1. The quantitative estimate of drug-likeness (QED) is 0.665. The molecular formula is C17H34N2O2. The van der Waals surface area contributed by atoms with Gasteiger partial charge in [-0.2, -0.15) is 0 Å². The second-order valence-electron chi connectivity index (χ2n) is 5.36. The molecule has 0 aromatic heterocycles. The molecule has 1 aliphatic rings. The van der Waals surface area contributed by atoms with E-state index in [1.54, 1.807) is 6.08 Å². The minimum atomic E-state index is 0.243. The van der Waals surface area contributed by atoms with E-state index in [2.05, 4.69) is 11.8 Å². The Morgan fingerprint density at radius 2 is 1.95 bits per heavy atom. The zero-order chi connectivity index (χ0) is 15.9. The Kier molecular flexibility index (Phi) is 13.8. The van der Waals surface area contributed by atoms with Crippen LogP contribution in [0.1, 0.15) is 46.5 Å². The molecule has 1 atom stereocenters. The van der Waals surface area contributed by atoms with E-state index in [0.29, 0.717) is 12.3 Å². The van der Waals surface area contributed by atoms with Gasteiger partial charge in [-0.1, -0.05) is 26.8 Å². The van der Waals surface area contributed by atoms with Crippen molar-refractivity contribution in [2.75, 3.05) is 39.4 Å². The predicted octanol–water partition coefficient (Wildman–Crippen LogP) is 2.63. The first-order valence-corrected chi connectivity index (χ1v) is 8.42. The second-order valence-corrected chi connectivity index (χ2v) is 5.36. The van der Waals surface area contributed by atoms with Gasteiger partial charge in [0.25, 0.3) is 0 Å². The summed E-state index contributed by atoms with van der Waals surface area (Å²) in [4.78, 5) is 14.0. The van der Waals surface area contributed by atoms with Gasteiger partial charge in [0.05, 0.1) is 13.2 Å². The number of ether oxygens (including phenoxy) is 1. The highest BCUT2D eigenvalue weighted by Gasteiger charge is 2.08. The standard InChI is InChI=1S/C15H28N2O2.C2H6/c1-14(4-2-8-16)6-7-15(18)5-3-9-17-10-12-19-13-11-17;1-2/h3,5,14H,2,4,6-13,16H2,1H3;1-2H3/b5-3+;. The lowest BCUT2D eigenvalue weighted by atomic mass is 9.98. The largest absolute Gasteiger partial charge is 0.379 e. The molecule has 0 saturated carbocycles. The molecule has 21 heavy (non-hydrogen) atoms. The fourth-order valence-corrected chi connectivity index (χ4v) is 2.20. The summed E-state index contributed by atoms with van der Waals surface area (Å²) in [7, 11) is 0. The molecule has 124 valence electrons. The first-order chi connectivity index (χ1) is 10.2. The first kappa shape index (κ1) is 20.3. The summed E-state index contributed by atoms with van der Waals surface area (Å²) in [6.45, 7) is 11.3. The third-order valence-corrected chi connectivity index (χ3v) is 3.56. The monoisotopic (exact) mass is 298 g/mol. The Bertz CT molecular complexity index is 274. The van der Waals surface area contributed by atoms with Crippen molar-refractivity contribution in [3.8, 4) is 0 Å². The fraction of sp³-hybridized carbons (Fsp3) is 0.824. The van der Waals surface area contributed by atoms with Crippen molar-refractivity contribution in [3.63, 3.8) is 0 Å². The highest BCUT2D eigenvalue weighted by molar-refractivity contribution is 5.89. The smallest absolute Gasteiger partial charge is 0.155 e. The molecule has 1 aliphatic heterocycles. The van der Waals surface area contributed by atoms with Gasteiger partial charge in [-0.15, -0.1) is 0 Å². The van der Waals surface area contributed by atoms with E-state index < -0.39 is 0 Å². The van der Waals surface area contributed by atoms with Crippen LogP contribution in [0.2, 0.25) is 0 Å². The van der Waals surface area contributed by atoms with Crippen LogP contribution >= 0.6 is 0 Å². The maximum Gasteiger partial charge on any atom is 0.155 e. The van der Waals surface area contributed by atoms with E-state index >= 15 is 0 Å². The van der Waals surface area contributed by atoms with Gasteiger partial charge in [-0.3, -0.25) is 9.69 Å². The lowest BCUT2D eigenvalue weighted by Gasteiger charge is -2.25. The summed E-state index contributed by atoms with van der Waals surface area (Å²) in [5, 5.41) is 0. The van der Waals surface area contributed by atoms with Crippen LogP contribution in [-0.2, 0) is 9.53 Å². The Morgan fingerprint density at radius 3 is 2.57 bits per heavy atom. The number of carbonyl (C=O) groups excluding carboxylic acids is 1. The van der Waals surface area contributed by atoms with Crippen LogP contribution in [0.15, 0.2) is 12.2 Å². The number of ketones is 1. The maximum absolute atomic E-state index is 11.7. The van der Waals surface area contributed by atoms with Crippen molar-refractivity contribution in [2.45, 2.75) is 46.5 Å². The van der Waals surface area contributed by atoms with Crippen molar-refractivity contribution in [2.24, 2.45) is 11.7 Å². The summed E-state index contributed by atoms with van der Waals surface area (Å²) in [5.41, 5.74) is 5.48. The third-order valence-electron chi connectivity index (χ3n) is 3.56. The van der Waals surface area contributed by atoms with Crippen molar-refractivity contribution >= 4 is 5.78 Å². The fourth-order valence-electron chi connectivity index (χ4n) is 2.20. The van der Waals surface area contributed by atoms with Crippen LogP contribution in [0.25, 0.3) is 0 Å². The summed E-state index contributed by atoms with van der Waals surface area (Å²) in [5.74, 6) is 0.841. The van der Waals surface area contributed by atoms with Gasteiger partial charge in [-0.25, -0.2) is 0 Å². The number of morpholine rings is 1. The molecule has 0 amide bonds. The van der Waals surface area contributed by atoms with E-state index in [-0.39, 0.29) is 5.78 Å². The average Bonchev–Trinajstić information content (AvgIpc) is 2.54. The molecule has 0 spiro atoms. The third kappa shape index (κ3) is 11.6. The van der Waals surface area contributed by atoms with E-state index in [0.717, 1.165) is 58.7 Å². The first-order valence-electron chi connectivity index (χ1n) is 8.42. The van der Waals surface area contributed by atoms with Crippen molar-refractivity contribution in [1.29, 1.82) is 0 Å². The number of carbonyl (C=O) groups is 1. The second kappa shape index (κ2) is 14.2. The molecular weight excluding hydrogens is 264 g/mol. The number of hydrogen-bond acceptors (Lipinski definition) is 4. The minimum Gasteiger partial charge on any atom is -0.379 e. The summed E-state index contributed by atoms with van der Waals surface area (Å²) in [6.07, 6.45) is 7.54. The van der Waals surface area contributed by atoms with Crippen LogP contribution in [0.4, 0.5) is 0 Å².